The lowest BCUT2D eigenvalue weighted by atomic mass is 10.0. The summed E-state index contributed by atoms with van der Waals surface area (Å²) >= 11 is 7.54. The van der Waals surface area contributed by atoms with E-state index < -0.39 is 0 Å². The Labute approximate surface area is 114 Å². The van der Waals surface area contributed by atoms with Crippen molar-refractivity contribution in [2.75, 3.05) is 18.1 Å². The predicted molar refractivity (Wildman–Crippen MR) is 74.4 cm³/mol. The molecule has 4 nitrogen and oxygen atoms in total. The molecular formula is C12H14ClN3OS. The van der Waals surface area contributed by atoms with Crippen LogP contribution in [0.1, 0.15) is 13.3 Å². The summed E-state index contributed by atoms with van der Waals surface area (Å²) in [6, 6.07) is 2.14. The molecule has 2 aromatic heterocycles. The molecular weight excluding hydrogens is 270 g/mol. The third-order valence-electron chi connectivity index (χ3n) is 3.62. The fraction of sp³-hybridized carbons (Fsp3) is 0.500. The highest BCUT2D eigenvalue weighted by molar-refractivity contribution is 7.16. The molecule has 3 rings (SSSR count). The summed E-state index contributed by atoms with van der Waals surface area (Å²) in [5.74, 6) is 1.33. The highest BCUT2D eigenvalue weighted by Crippen LogP contribution is 2.34. The molecule has 2 atom stereocenters. The van der Waals surface area contributed by atoms with Gasteiger partial charge in [-0.2, -0.15) is 4.98 Å². The normalized spacial score (nSPS) is 24.1. The maximum Gasteiger partial charge on any atom is 0.225 e. The highest BCUT2D eigenvalue weighted by Gasteiger charge is 2.32. The van der Waals surface area contributed by atoms with Crippen LogP contribution in [0.5, 0.6) is 0 Å². The van der Waals surface area contributed by atoms with Gasteiger partial charge in [0.1, 0.15) is 10.6 Å². The molecule has 1 saturated heterocycles. The first-order valence-corrected chi connectivity index (χ1v) is 7.24. The highest BCUT2D eigenvalue weighted by atomic mass is 35.5. The van der Waals surface area contributed by atoms with E-state index in [-0.39, 0.29) is 17.9 Å². The van der Waals surface area contributed by atoms with Gasteiger partial charge in [-0.05, 0) is 35.4 Å². The zero-order chi connectivity index (χ0) is 12.7. The maximum atomic E-state index is 9.54. The van der Waals surface area contributed by atoms with Gasteiger partial charge in [0.05, 0.1) is 18.0 Å². The van der Waals surface area contributed by atoms with Crippen LogP contribution in [0, 0.1) is 5.92 Å². The lowest BCUT2D eigenvalue weighted by molar-refractivity contribution is 0.244. The predicted octanol–water partition coefficient (Wildman–Crippen LogP) is 2.55. The molecule has 0 bridgehead atoms. The molecule has 0 aromatic carbocycles. The molecule has 6 heteroatoms. The van der Waals surface area contributed by atoms with E-state index in [1.54, 1.807) is 11.3 Å². The number of aliphatic hydroxyl groups is 1. The summed E-state index contributed by atoms with van der Waals surface area (Å²) in [7, 11) is 0. The largest absolute Gasteiger partial charge is 0.394 e. The van der Waals surface area contributed by atoms with Crippen LogP contribution >= 0.6 is 22.9 Å². The standard InChI is InChI=1S/C12H14ClN3OS/c1-7-2-4-16(9(7)6-17)10-8-3-5-18-11(8)15-12(13)14-10/h3,5,7,9,17H,2,4,6H2,1H3. The summed E-state index contributed by atoms with van der Waals surface area (Å²) < 4.78 is 0. The second-order valence-electron chi connectivity index (χ2n) is 4.66. The van der Waals surface area contributed by atoms with Crippen molar-refractivity contribution in [2.45, 2.75) is 19.4 Å². The molecule has 2 unspecified atom stereocenters. The van der Waals surface area contributed by atoms with Crippen LogP contribution in [0.3, 0.4) is 0 Å². The van der Waals surface area contributed by atoms with Gasteiger partial charge in [0.15, 0.2) is 0 Å². The van der Waals surface area contributed by atoms with Gasteiger partial charge in [-0.3, -0.25) is 0 Å². The summed E-state index contributed by atoms with van der Waals surface area (Å²) in [6.07, 6.45) is 1.07. The Morgan fingerprint density at radius 3 is 3.17 bits per heavy atom. The number of hydrogen-bond acceptors (Lipinski definition) is 5. The average Bonchev–Trinajstić information content (AvgIpc) is 2.93. The number of anilines is 1. The Bertz CT molecular complexity index is 573. The third kappa shape index (κ3) is 1.86. The van der Waals surface area contributed by atoms with Crippen LogP contribution < -0.4 is 4.90 Å². The lowest BCUT2D eigenvalue weighted by Gasteiger charge is -2.26. The summed E-state index contributed by atoms with van der Waals surface area (Å²) in [4.78, 5) is 11.6. The van der Waals surface area contributed by atoms with Crippen molar-refractivity contribution in [3.63, 3.8) is 0 Å². The summed E-state index contributed by atoms with van der Waals surface area (Å²) in [5.41, 5.74) is 0. The molecule has 18 heavy (non-hydrogen) atoms. The van der Waals surface area contributed by atoms with Crippen LogP contribution in [0.15, 0.2) is 11.4 Å². The molecule has 1 N–H and O–H groups in total. The van der Waals surface area contributed by atoms with E-state index in [4.69, 9.17) is 11.6 Å². The van der Waals surface area contributed by atoms with Gasteiger partial charge in [-0.25, -0.2) is 4.98 Å². The van der Waals surface area contributed by atoms with Crippen molar-refractivity contribution in [1.29, 1.82) is 0 Å². The van der Waals surface area contributed by atoms with Gasteiger partial charge in [-0.15, -0.1) is 11.3 Å². The number of nitrogens with zero attached hydrogens (tertiary/aromatic N) is 3. The van der Waals surface area contributed by atoms with Crippen LogP contribution in [-0.4, -0.2) is 34.3 Å². The summed E-state index contributed by atoms with van der Waals surface area (Å²) in [5, 5.41) is 12.8. The zero-order valence-corrected chi connectivity index (χ0v) is 11.6. The molecule has 0 aliphatic carbocycles. The van der Waals surface area contributed by atoms with Crippen molar-refractivity contribution in [1.82, 2.24) is 9.97 Å². The Kier molecular flexibility index (Phi) is 3.13. The van der Waals surface area contributed by atoms with Crippen LogP contribution in [-0.2, 0) is 0 Å². The van der Waals surface area contributed by atoms with Crippen molar-refractivity contribution < 1.29 is 5.11 Å². The van der Waals surface area contributed by atoms with E-state index in [0.29, 0.717) is 5.92 Å². The number of fused-ring (bicyclic) bond motifs is 1. The van der Waals surface area contributed by atoms with Gasteiger partial charge >= 0.3 is 0 Å². The molecule has 96 valence electrons. The molecule has 3 heterocycles. The number of thiophene rings is 1. The molecule has 2 aromatic rings. The minimum atomic E-state index is 0.124. The Balaban J connectivity index is 2.11. The van der Waals surface area contributed by atoms with E-state index in [1.165, 1.54) is 0 Å². The quantitative estimate of drug-likeness (QED) is 0.861. The third-order valence-corrected chi connectivity index (χ3v) is 4.59. The molecule has 1 aliphatic rings. The topological polar surface area (TPSA) is 49.2 Å². The number of halogens is 1. The van der Waals surface area contributed by atoms with E-state index in [0.717, 1.165) is 29.0 Å². The van der Waals surface area contributed by atoms with Crippen LogP contribution in [0.4, 0.5) is 5.82 Å². The van der Waals surface area contributed by atoms with E-state index in [2.05, 4.69) is 21.8 Å². The molecule has 0 saturated carbocycles. The fourth-order valence-corrected chi connectivity index (χ4v) is 3.56. The molecule has 0 amide bonds. The van der Waals surface area contributed by atoms with Gasteiger partial charge in [0, 0.05) is 6.54 Å². The first kappa shape index (κ1) is 12.1. The number of aliphatic hydroxyl groups excluding tert-OH is 1. The summed E-state index contributed by atoms with van der Waals surface area (Å²) in [6.45, 7) is 3.22. The molecule has 0 spiro atoms. The second-order valence-corrected chi connectivity index (χ2v) is 5.90. The number of hydrogen-bond donors (Lipinski definition) is 1. The van der Waals surface area contributed by atoms with Gasteiger partial charge in [0.25, 0.3) is 0 Å². The Morgan fingerprint density at radius 2 is 2.39 bits per heavy atom. The number of aromatic nitrogens is 2. The van der Waals surface area contributed by atoms with E-state index in [1.807, 2.05) is 11.4 Å². The minimum Gasteiger partial charge on any atom is -0.394 e. The van der Waals surface area contributed by atoms with E-state index in [9.17, 15) is 5.11 Å². The second kappa shape index (κ2) is 4.64. The molecule has 1 fully saturated rings. The van der Waals surface area contributed by atoms with Gasteiger partial charge in [-0.1, -0.05) is 6.92 Å². The Hall–Kier alpha value is -0.910. The first-order valence-electron chi connectivity index (χ1n) is 5.99. The number of rotatable bonds is 2. The zero-order valence-electron chi connectivity index (χ0n) is 10.0. The van der Waals surface area contributed by atoms with E-state index >= 15 is 0 Å². The van der Waals surface area contributed by atoms with Gasteiger partial charge in [0.2, 0.25) is 5.28 Å². The first-order chi connectivity index (χ1) is 8.70. The Morgan fingerprint density at radius 1 is 1.56 bits per heavy atom. The average molecular weight is 284 g/mol. The van der Waals surface area contributed by atoms with Crippen LogP contribution in [0.25, 0.3) is 10.2 Å². The monoisotopic (exact) mass is 283 g/mol. The maximum absolute atomic E-state index is 9.54. The van der Waals surface area contributed by atoms with Gasteiger partial charge < -0.3 is 10.0 Å². The van der Waals surface area contributed by atoms with Crippen LogP contribution in [0.2, 0.25) is 5.28 Å². The van der Waals surface area contributed by atoms with Crippen molar-refractivity contribution in [2.24, 2.45) is 5.92 Å². The fourth-order valence-electron chi connectivity index (χ4n) is 2.58. The van der Waals surface area contributed by atoms with Crippen molar-refractivity contribution in [3.8, 4) is 0 Å². The minimum absolute atomic E-state index is 0.124. The lowest BCUT2D eigenvalue weighted by Crippen LogP contribution is -2.35. The SMILES string of the molecule is CC1CCN(c2nc(Cl)nc3sccc23)C1CO. The smallest absolute Gasteiger partial charge is 0.225 e. The molecule has 1 aliphatic heterocycles. The van der Waals surface area contributed by atoms with Crippen molar-refractivity contribution >= 4 is 39.0 Å². The molecule has 0 radical (unpaired) electrons. The van der Waals surface area contributed by atoms with Crippen molar-refractivity contribution in [3.05, 3.63) is 16.7 Å².